The van der Waals surface area contributed by atoms with Crippen LogP contribution in [0.2, 0.25) is 0 Å². The van der Waals surface area contributed by atoms with Crippen molar-refractivity contribution in [3.8, 4) is 16.9 Å². The smallest absolute Gasteiger partial charge is 0.333 e. The molecule has 1 N–H and O–H groups in total. The predicted octanol–water partition coefficient (Wildman–Crippen LogP) is 6.63. The van der Waals surface area contributed by atoms with Crippen molar-refractivity contribution in [2.24, 2.45) is 5.92 Å². The summed E-state index contributed by atoms with van der Waals surface area (Å²) in [5.74, 6) is 1.91. The highest BCUT2D eigenvalue weighted by Crippen LogP contribution is 2.38. The fourth-order valence-corrected chi connectivity index (χ4v) is 4.78. The highest BCUT2D eigenvalue weighted by Gasteiger charge is 2.20. The van der Waals surface area contributed by atoms with Crippen LogP contribution in [0, 0.1) is 5.92 Å². The summed E-state index contributed by atoms with van der Waals surface area (Å²) in [7, 11) is 0. The number of esters is 1. The van der Waals surface area contributed by atoms with Crippen LogP contribution in [-0.2, 0) is 22.4 Å². The van der Waals surface area contributed by atoms with E-state index in [2.05, 4.69) is 56.8 Å². The van der Waals surface area contributed by atoms with Gasteiger partial charge >= 0.3 is 5.97 Å². The molecule has 0 radical (unpaired) electrons. The molecule has 1 saturated carbocycles. The summed E-state index contributed by atoms with van der Waals surface area (Å²) in [4.78, 5) is 11.6. The molecule has 34 heavy (non-hydrogen) atoms. The van der Waals surface area contributed by atoms with Crippen LogP contribution in [0.4, 0.5) is 0 Å². The van der Waals surface area contributed by atoms with Crippen LogP contribution in [0.25, 0.3) is 11.1 Å². The molecule has 0 bridgehead atoms. The van der Waals surface area contributed by atoms with Gasteiger partial charge in [-0.2, -0.15) is 0 Å². The summed E-state index contributed by atoms with van der Waals surface area (Å²) in [6, 6.07) is 13.3. The molecule has 2 aromatic rings. The first-order chi connectivity index (χ1) is 16.4. The number of benzene rings is 2. The molecule has 1 aliphatic rings. The quantitative estimate of drug-likeness (QED) is 0.230. The van der Waals surface area contributed by atoms with Crippen molar-refractivity contribution in [1.82, 2.24) is 0 Å². The summed E-state index contributed by atoms with van der Waals surface area (Å²) in [6.45, 7) is 10.4. The Balaban J connectivity index is 1.80. The van der Waals surface area contributed by atoms with Crippen molar-refractivity contribution in [1.29, 1.82) is 0 Å². The Morgan fingerprint density at radius 2 is 1.82 bits per heavy atom. The number of carbonyl (C=O) groups excluding carboxylic acids is 1. The van der Waals surface area contributed by atoms with Gasteiger partial charge in [0.2, 0.25) is 0 Å². The van der Waals surface area contributed by atoms with E-state index in [1.54, 1.807) is 6.92 Å². The number of ether oxygens (including phenoxy) is 2. The number of aliphatic hydroxyl groups excluding tert-OH is 1. The number of hydrogen-bond donors (Lipinski definition) is 1. The zero-order valence-corrected chi connectivity index (χ0v) is 21.1. The maximum atomic E-state index is 11.6. The Morgan fingerprint density at radius 1 is 1.06 bits per heavy atom. The third-order valence-electron chi connectivity index (χ3n) is 6.90. The maximum absolute atomic E-state index is 11.6. The van der Waals surface area contributed by atoms with Gasteiger partial charge in [-0.1, -0.05) is 63.6 Å². The molecule has 4 nitrogen and oxygen atoms in total. The van der Waals surface area contributed by atoms with Gasteiger partial charge in [0, 0.05) is 12.2 Å². The highest BCUT2D eigenvalue weighted by molar-refractivity contribution is 5.86. The summed E-state index contributed by atoms with van der Waals surface area (Å²) in [5.41, 5.74) is 6.63. The molecule has 0 spiro atoms. The van der Waals surface area contributed by atoms with Gasteiger partial charge in [0.05, 0.1) is 0 Å². The average Bonchev–Trinajstić information content (AvgIpc) is 2.85. The summed E-state index contributed by atoms with van der Waals surface area (Å²) in [5, 5.41) is 9.29. The van der Waals surface area contributed by atoms with Crippen LogP contribution < -0.4 is 4.74 Å². The van der Waals surface area contributed by atoms with E-state index in [9.17, 15) is 9.90 Å². The monoisotopic (exact) mass is 464 g/mol. The lowest BCUT2D eigenvalue weighted by molar-refractivity contribution is -0.139. The lowest BCUT2D eigenvalue weighted by atomic mass is 9.78. The minimum Gasteiger partial charge on any atom is -0.490 e. The molecule has 0 heterocycles. The number of carbonyl (C=O) groups is 1. The molecule has 2 aromatic carbocycles. The van der Waals surface area contributed by atoms with Crippen LogP contribution in [0.1, 0.15) is 75.5 Å². The van der Waals surface area contributed by atoms with Crippen molar-refractivity contribution >= 4 is 5.97 Å². The molecule has 3 rings (SSSR count). The molecule has 4 heteroatoms. The topological polar surface area (TPSA) is 55.8 Å². The van der Waals surface area contributed by atoms with Gasteiger partial charge in [0.25, 0.3) is 0 Å². The molecule has 0 atom stereocenters. The number of aliphatic hydroxyl groups is 1. The summed E-state index contributed by atoms with van der Waals surface area (Å²) < 4.78 is 11.2. The first kappa shape index (κ1) is 26.0. The third kappa shape index (κ3) is 6.96. The van der Waals surface area contributed by atoms with E-state index in [1.807, 2.05) is 0 Å². The zero-order chi connectivity index (χ0) is 24.5. The Hall–Kier alpha value is -2.59. The van der Waals surface area contributed by atoms with Crippen LogP contribution in [0.5, 0.6) is 5.75 Å². The van der Waals surface area contributed by atoms with Gasteiger partial charge in [-0.15, -0.1) is 0 Å². The Morgan fingerprint density at radius 3 is 2.50 bits per heavy atom. The molecular formula is C30H40O4. The Kier molecular flexibility index (Phi) is 9.76. The SMILES string of the molecule is C=C(C)C(=O)OCCOc1cc(-c2ccc(C3CCC(C)CC3)cc2CC)ccc1CCCO. The Labute approximate surface area is 205 Å². The molecular weight excluding hydrogens is 424 g/mol. The summed E-state index contributed by atoms with van der Waals surface area (Å²) >= 11 is 0. The molecule has 0 amide bonds. The first-order valence-corrected chi connectivity index (χ1v) is 12.7. The molecule has 0 saturated heterocycles. The van der Waals surface area contributed by atoms with Crippen molar-refractivity contribution in [3.05, 3.63) is 65.2 Å². The van der Waals surface area contributed by atoms with Gasteiger partial charge < -0.3 is 14.6 Å². The van der Waals surface area contributed by atoms with Gasteiger partial charge in [-0.25, -0.2) is 4.79 Å². The van der Waals surface area contributed by atoms with Gasteiger partial charge in [0.15, 0.2) is 0 Å². The van der Waals surface area contributed by atoms with Crippen LogP contribution in [0.15, 0.2) is 48.6 Å². The normalized spacial score (nSPS) is 17.9. The van der Waals surface area contributed by atoms with E-state index >= 15 is 0 Å². The molecule has 1 aliphatic carbocycles. The van der Waals surface area contributed by atoms with Crippen molar-refractivity contribution in [2.45, 2.75) is 71.6 Å². The maximum Gasteiger partial charge on any atom is 0.333 e. The van der Waals surface area contributed by atoms with Crippen molar-refractivity contribution in [2.75, 3.05) is 19.8 Å². The van der Waals surface area contributed by atoms with Crippen molar-refractivity contribution < 1.29 is 19.4 Å². The predicted molar refractivity (Wildman–Crippen MR) is 138 cm³/mol. The molecule has 0 aromatic heterocycles. The van der Waals surface area contributed by atoms with Gasteiger partial charge in [0.1, 0.15) is 19.0 Å². The fraction of sp³-hybridized carbons (Fsp3) is 0.500. The number of rotatable bonds is 11. The standard InChI is InChI=1S/C30H40O4/c1-5-23-19-26(24-10-8-22(4)9-11-24)14-15-28(23)27-13-12-25(7-6-16-31)29(20-27)33-17-18-34-30(32)21(2)3/h12-15,19-20,22,24,31H,2,5-11,16-18H2,1,3-4H3. The fourth-order valence-electron chi connectivity index (χ4n) is 4.78. The summed E-state index contributed by atoms with van der Waals surface area (Å²) in [6.07, 6.45) is 7.61. The molecule has 184 valence electrons. The van der Waals surface area contributed by atoms with Gasteiger partial charge in [-0.05, 0) is 84.7 Å². The number of aryl methyl sites for hydroxylation is 2. The van der Waals surface area contributed by atoms with Crippen LogP contribution in [-0.4, -0.2) is 30.9 Å². The van der Waals surface area contributed by atoms with E-state index < -0.39 is 5.97 Å². The lowest BCUT2D eigenvalue weighted by Crippen LogP contribution is -2.13. The average molecular weight is 465 g/mol. The number of hydrogen-bond acceptors (Lipinski definition) is 4. The first-order valence-electron chi connectivity index (χ1n) is 12.7. The minimum atomic E-state index is -0.405. The van der Waals surface area contributed by atoms with E-state index in [-0.39, 0.29) is 19.8 Å². The van der Waals surface area contributed by atoms with E-state index in [4.69, 9.17) is 9.47 Å². The van der Waals surface area contributed by atoms with E-state index in [0.29, 0.717) is 17.9 Å². The Bertz CT molecular complexity index is 970. The van der Waals surface area contributed by atoms with E-state index in [0.717, 1.165) is 35.6 Å². The zero-order valence-electron chi connectivity index (χ0n) is 21.1. The van der Waals surface area contributed by atoms with Gasteiger partial charge in [-0.3, -0.25) is 0 Å². The second-order valence-corrected chi connectivity index (χ2v) is 9.64. The van der Waals surface area contributed by atoms with Crippen LogP contribution in [0.3, 0.4) is 0 Å². The largest absolute Gasteiger partial charge is 0.490 e. The highest BCUT2D eigenvalue weighted by atomic mass is 16.6. The van der Waals surface area contributed by atoms with Crippen LogP contribution >= 0.6 is 0 Å². The molecule has 1 fully saturated rings. The second kappa shape index (κ2) is 12.8. The van der Waals surface area contributed by atoms with Crippen molar-refractivity contribution in [3.63, 3.8) is 0 Å². The minimum absolute atomic E-state index is 0.138. The lowest BCUT2D eigenvalue weighted by Gasteiger charge is -2.27. The molecule has 0 unspecified atom stereocenters. The molecule has 0 aliphatic heterocycles. The second-order valence-electron chi connectivity index (χ2n) is 9.64. The third-order valence-corrected chi connectivity index (χ3v) is 6.90. The van der Waals surface area contributed by atoms with E-state index in [1.165, 1.54) is 42.4 Å².